The number of carbonyl (C=O) groups is 2. The van der Waals surface area contributed by atoms with E-state index in [2.05, 4.69) is 5.32 Å². The Morgan fingerprint density at radius 1 is 1.13 bits per heavy atom. The first-order valence-corrected chi connectivity index (χ1v) is 6.96. The van der Waals surface area contributed by atoms with Crippen molar-refractivity contribution in [3.63, 3.8) is 0 Å². The summed E-state index contributed by atoms with van der Waals surface area (Å²) < 4.78 is 5.15. The second-order valence-electron chi connectivity index (χ2n) is 4.88. The van der Waals surface area contributed by atoms with Crippen LogP contribution in [0.5, 0.6) is 11.5 Å². The fourth-order valence-corrected chi connectivity index (χ4v) is 2.02. The molecule has 0 fully saturated rings. The van der Waals surface area contributed by atoms with Gasteiger partial charge in [-0.15, -0.1) is 0 Å². The van der Waals surface area contributed by atoms with Gasteiger partial charge in [0.25, 0.3) is 0 Å². The average Bonchev–Trinajstić information content (AvgIpc) is 2.53. The number of methoxy groups -OCH3 is 1. The van der Waals surface area contributed by atoms with E-state index in [1.54, 1.807) is 36.4 Å². The quantitative estimate of drug-likeness (QED) is 0.656. The molecule has 2 aromatic rings. The molecular formula is C18H17NO4. The summed E-state index contributed by atoms with van der Waals surface area (Å²) in [5.41, 5.74) is 1.83. The monoisotopic (exact) mass is 311 g/mol. The Morgan fingerprint density at radius 3 is 2.43 bits per heavy atom. The topological polar surface area (TPSA) is 75.6 Å². The maximum absolute atomic E-state index is 12.2. The number of phenols is 1. The average molecular weight is 311 g/mol. The van der Waals surface area contributed by atoms with Crippen LogP contribution in [0.3, 0.4) is 0 Å². The molecule has 0 radical (unpaired) electrons. The molecule has 0 aromatic heterocycles. The lowest BCUT2D eigenvalue weighted by Crippen LogP contribution is -2.05. The number of ether oxygens (including phenoxy) is 1. The van der Waals surface area contributed by atoms with Crippen LogP contribution in [0.4, 0.5) is 5.69 Å². The highest BCUT2D eigenvalue weighted by atomic mass is 16.5. The summed E-state index contributed by atoms with van der Waals surface area (Å²) >= 11 is 0. The van der Waals surface area contributed by atoms with Gasteiger partial charge in [0, 0.05) is 29.8 Å². The molecule has 0 aliphatic carbocycles. The second kappa shape index (κ2) is 7.26. The third kappa shape index (κ3) is 4.44. The first-order valence-electron chi connectivity index (χ1n) is 6.96. The molecule has 0 saturated heterocycles. The first-order chi connectivity index (χ1) is 11.0. The SMILES string of the molecule is COc1cc(O)ccc1/C=C/C(=O)c1ccc(NC(C)=O)cc1. The van der Waals surface area contributed by atoms with Crippen LogP contribution in [0.25, 0.3) is 6.08 Å². The molecule has 0 aliphatic rings. The second-order valence-corrected chi connectivity index (χ2v) is 4.88. The van der Waals surface area contributed by atoms with Gasteiger partial charge in [-0.2, -0.15) is 0 Å². The van der Waals surface area contributed by atoms with Gasteiger partial charge in [-0.05, 0) is 48.6 Å². The maximum atomic E-state index is 12.2. The molecule has 0 atom stereocenters. The zero-order valence-corrected chi connectivity index (χ0v) is 12.9. The number of nitrogens with one attached hydrogen (secondary N) is 1. The van der Waals surface area contributed by atoms with E-state index in [9.17, 15) is 14.7 Å². The molecule has 2 aromatic carbocycles. The number of ketones is 1. The Morgan fingerprint density at radius 2 is 1.83 bits per heavy atom. The van der Waals surface area contributed by atoms with Gasteiger partial charge in [-0.3, -0.25) is 9.59 Å². The van der Waals surface area contributed by atoms with Gasteiger partial charge in [-0.1, -0.05) is 0 Å². The van der Waals surface area contributed by atoms with Crippen molar-refractivity contribution >= 4 is 23.5 Å². The van der Waals surface area contributed by atoms with Crippen LogP contribution in [0.15, 0.2) is 48.5 Å². The molecule has 0 bridgehead atoms. The zero-order chi connectivity index (χ0) is 16.8. The minimum atomic E-state index is -0.172. The van der Waals surface area contributed by atoms with Crippen molar-refractivity contribution in [3.8, 4) is 11.5 Å². The molecule has 2 N–H and O–H groups in total. The van der Waals surface area contributed by atoms with Crippen LogP contribution in [0.2, 0.25) is 0 Å². The summed E-state index contributed by atoms with van der Waals surface area (Å²) in [6.45, 7) is 1.42. The minimum absolute atomic E-state index is 0.0962. The van der Waals surface area contributed by atoms with Crippen LogP contribution in [-0.4, -0.2) is 23.9 Å². The van der Waals surface area contributed by atoms with E-state index in [0.29, 0.717) is 22.6 Å². The lowest BCUT2D eigenvalue weighted by molar-refractivity contribution is -0.114. The number of anilines is 1. The largest absolute Gasteiger partial charge is 0.508 e. The summed E-state index contributed by atoms with van der Waals surface area (Å²) in [7, 11) is 1.49. The maximum Gasteiger partial charge on any atom is 0.221 e. The molecule has 2 rings (SSSR count). The third-order valence-corrected chi connectivity index (χ3v) is 3.12. The number of hydrogen-bond acceptors (Lipinski definition) is 4. The van der Waals surface area contributed by atoms with Crippen LogP contribution in [0.1, 0.15) is 22.8 Å². The molecule has 23 heavy (non-hydrogen) atoms. The van der Waals surface area contributed by atoms with Gasteiger partial charge >= 0.3 is 0 Å². The van der Waals surface area contributed by atoms with E-state index >= 15 is 0 Å². The molecule has 0 saturated carbocycles. The molecule has 0 heterocycles. The van der Waals surface area contributed by atoms with Gasteiger partial charge in [-0.25, -0.2) is 0 Å². The fraction of sp³-hybridized carbons (Fsp3) is 0.111. The van der Waals surface area contributed by atoms with Crippen molar-refractivity contribution in [2.75, 3.05) is 12.4 Å². The molecule has 0 unspecified atom stereocenters. The number of allylic oxidation sites excluding steroid dienone is 1. The first kappa shape index (κ1) is 16.3. The van der Waals surface area contributed by atoms with Crippen molar-refractivity contribution in [2.24, 2.45) is 0 Å². The molecule has 1 amide bonds. The molecule has 118 valence electrons. The highest BCUT2D eigenvalue weighted by Gasteiger charge is 2.05. The van der Waals surface area contributed by atoms with Gasteiger partial charge < -0.3 is 15.2 Å². The Bertz CT molecular complexity index is 748. The summed E-state index contributed by atoms with van der Waals surface area (Å²) in [6, 6.07) is 11.3. The van der Waals surface area contributed by atoms with Crippen molar-refractivity contribution < 1.29 is 19.4 Å². The van der Waals surface area contributed by atoms with Crippen LogP contribution >= 0.6 is 0 Å². The van der Waals surface area contributed by atoms with Gasteiger partial charge in [0.1, 0.15) is 11.5 Å². The van der Waals surface area contributed by atoms with E-state index < -0.39 is 0 Å². The number of amides is 1. The van der Waals surface area contributed by atoms with Gasteiger partial charge in [0.15, 0.2) is 5.78 Å². The Kier molecular flexibility index (Phi) is 5.15. The van der Waals surface area contributed by atoms with E-state index in [1.807, 2.05) is 0 Å². The fourth-order valence-electron chi connectivity index (χ4n) is 2.02. The summed E-state index contributed by atoms with van der Waals surface area (Å²) in [5.74, 6) is 0.242. The van der Waals surface area contributed by atoms with E-state index in [-0.39, 0.29) is 17.4 Å². The lowest BCUT2D eigenvalue weighted by atomic mass is 10.1. The third-order valence-electron chi connectivity index (χ3n) is 3.12. The van der Waals surface area contributed by atoms with Crippen LogP contribution in [0, 0.1) is 0 Å². The summed E-state index contributed by atoms with van der Waals surface area (Å²) in [4.78, 5) is 23.1. The smallest absolute Gasteiger partial charge is 0.221 e. The zero-order valence-electron chi connectivity index (χ0n) is 12.9. The lowest BCUT2D eigenvalue weighted by Gasteiger charge is -2.05. The van der Waals surface area contributed by atoms with Gasteiger partial charge in [0.05, 0.1) is 7.11 Å². The van der Waals surface area contributed by atoms with Crippen molar-refractivity contribution in [2.45, 2.75) is 6.92 Å². The molecular weight excluding hydrogens is 294 g/mol. The van der Waals surface area contributed by atoms with Crippen LogP contribution in [-0.2, 0) is 4.79 Å². The van der Waals surface area contributed by atoms with Crippen molar-refractivity contribution in [1.82, 2.24) is 0 Å². The predicted molar refractivity (Wildman–Crippen MR) is 88.8 cm³/mol. The predicted octanol–water partition coefficient (Wildman–Crippen LogP) is 3.26. The Balaban J connectivity index is 2.14. The number of phenolic OH excluding ortho intramolecular Hbond substituents is 1. The number of benzene rings is 2. The van der Waals surface area contributed by atoms with Crippen molar-refractivity contribution in [1.29, 1.82) is 0 Å². The van der Waals surface area contributed by atoms with E-state index in [4.69, 9.17) is 4.74 Å². The summed E-state index contributed by atoms with van der Waals surface area (Å²) in [5, 5.41) is 12.1. The molecule has 5 heteroatoms. The number of hydrogen-bond donors (Lipinski definition) is 2. The van der Waals surface area contributed by atoms with Crippen LogP contribution < -0.4 is 10.1 Å². The highest BCUT2D eigenvalue weighted by molar-refractivity contribution is 6.07. The number of aromatic hydroxyl groups is 1. The van der Waals surface area contributed by atoms with Gasteiger partial charge in [0.2, 0.25) is 5.91 Å². The van der Waals surface area contributed by atoms with E-state index in [1.165, 1.54) is 32.2 Å². The molecule has 0 spiro atoms. The normalized spacial score (nSPS) is 10.5. The number of carbonyl (C=O) groups excluding carboxylic acids is 2. The Hall–Kier alpha value is -3.08. The molecule has 0 aliphatic heterocycles. The minimum Gasteiger partial charge on any atom is -0.508 e. The highest BCUT2D eigenvalue weighted by Crippen LogP contribution is 2.25. The standard InChI is InChI=1S/C18H17NO4/c1-12(20)19-15-7-3-13(4-8-15)17(22)10-6-14-5-9-16(21)11-18(14)23-2/h3-11,21H,1-2H3,(H,19,20)/b10-6+. The number of rotatable bonds is 5. The van der Waals surface area contributed by atoms with E-state index in [0.717, 1.165) is 0 Å². The summed E-state index contributed by atoms with van der Waals surface area (Å²) in [6.07, 6.45) is 3.06. The Labute approximate surface area is 134 Å². The van der Waals surface area contributed by atoms with Crippen molar-refractivity contribution in [3.05, 3.63) is 59.7 Å². The molecule has 5 nitrogen and oxygen atoms in total.